The largest absolute Gasteiger partial charge is 0.450 e. The van der Waals surface area contributed by atoms with Gasteiger partial charge in [-0.3, -0.25) is 9.78 Å². The molecule has 1 aliphatic rings. The smallest absolute Gasteiger partial charge is 0.407 e. The first-order chi connectivity index (χ1) is 12.8. The third-order valence-corrected chi connectivity index (χ3v) is 6.19. The molecular formula is C16H20N4O6S. The fourth-order valence-electron chi connectivity index (χ4n) is 3.07. The van der Waals surface area contributed by atoms with Crippen molar-refractivity contribution in [1.82, 2.24) is 19.6 Å². The second-order valence-electron chi connectivity index (χ2n) is 6.18. The van der Waals surface area contributed by atoms with E-state index in [4.69, 9.17) is 4.74 Å². The van der Waals surface area contributed by atoms with Crippen molar-refractivity contribution < 1.29 is 17.9 Å². The number of H-pyrrole nitrogens is 2. The Morgan fingerprint density at radius 3 is 2.85 bits per heavy atom. The van der Waals surface area contributed by atoms with Gasteiger partial charge in [0.1, 0.15) is 0 Å². The number of piperidine rings is 1. The van der Waals surface area contributed by atoms with Crippen molar-refractivity contribution in [2.45, 2.75) is 30.7 Å². The molecule has 2 heterocycles. The summed E-state index contributed by atoms with van der Waals surface area (Å²) in [5.41, 5.74) is -1.07. The van der Waals surface area contributed by atoms with Gasteiger partial charge in [0.2, 0.25) is 10.0 Å². The molecule has 1 aliphatic heterocycles. The highest BCUT2D eigenvalue weighted by Gasteiger charge is 2.31. The van der Waals surface area contributed by atoms with Gasteiger partial charge in [-0.15, -0.1) is 0 Å². The summed E-state index contributed by atoms with van der Waals surface area (Å²) in [5.74, 6) is 0. The maximum atomic E-state index is 13.0. The molecule has 0 aliphatic carbocycles. The van der Waals surface area contributed by atoms with Crippen molar-refractivity contribution in [3.8, 4) is 0 Å². The number of nitrogens with one attached hydrogen (secondary N) is 3. The Bertz CT molecular complexity index is 1070. The van der Waals surface area contributed by atoms with E-state index >= 15 is 0 Å². The quantitative estimate of drug-likeness (QED) is 0.670. The molecule has 2 aromatic rings. The number of hydrogen-bond donors (Lipinski definition) is 3. The van der Waals surface area contributed by atoms with Gasteiger partial charge in [0, 0.05) is 19.1 Å². The highest BCUT2D eigenvalue weighted by molar-refractivity contribution is 7.89. The number of alkyl carbamates (subject to hydrolysis) is 1. The lowest BCUT2D eigenvalue weighted by molar-refractivity contribution is 0.142. The average molecular weight is 396 g/mol. The van der Waals surface area contributed by atoms with Gasteiger partial charge in [-0.25, -0.2) is 18.0 Å². The molecular weight excluding hydrogens is 376 g/mol. The van der Waals surface area contributed by atoms with Gasteiger partial charge in [-0.2, -0.15) is 4.31 Å². The van der Waals surface area contributed by atoms with E-state index in [0.717, 1.165) is 0 Å². The number of aromatic nitrogens is 2. The molecule has 10 nitrogen and oxygen atoms in total. The van der Waals surface area contributed by atoms with Crippen LogP contribution in [0.1, 0.15) is 19.8 Å². The standard InChI is InChI=1S/C16H20N4O6S/c1-2-26-16(23)17-10-4-3-7-20(9-10)27(24,25)11-5-6-13-12(8-11)14(21)19-15(22)18-13/h5-6,8,10H,2-4,7,9H2,1H3,(H,17,23)(H2,18,19,21,22). The van der Waals surface area contributed by atoms with E-state index in [9.17, 15) is 22.8 Å². The number of fused-ring (bicyclic) bond motifs is 1. The van der Waals surface area contributed by atoms with Crippen LogP contribution in [-0.4, -0.2) is 54.5 Å². The molecule has 1 aromatic heterocycles. The zero-order valence-electron chi connectivity index (χ0n) is 14.6. The van der Waals surface area contributed by atoms with E-state index in [-0.39, 0.29) is 35.0 Å². The van der Waals surface area contributed by atoms with Gasteiger partial charge >= 0.3 is 11.8 Å². The lowest BCUT2D eigenvalue weighted by atomic mass is 10.1. The normalized spacial score (nSPS) is 18.3. The van der Waals surface area contributed by atoms with Crippen LogP contribution in [0.15, 0.2) is 32.7 Å². The number of benzene rings is 1. The molecule has 1 fully saturated rings. The molecule has 1 amide bonds. The van der Waals surface area contributed by atoms with Gasteiger partial charge in [-0.05, 0) is 38.0 Å². The van der Waals surface area contributed by atoms with Crippen LogP contribution in [0.4, 0.5) is 4.79 Å². The van der Waals surface area contributed by atoms with E-state index < -0.39 is 27.4 Å². The molecule has 146 valence electrons. The van der Waals surface area contributed by atoms with Crippen molar-refractivity contribution in [3.05, 3.63) is 39.0 Å². The van der Waals surface area contributed by atoms with Crippen molar-refractivity contribution in [2.24, 2.45) is 0 Å². The Kier molecular flexibility index (Phi) is 5.33. The molecule has 0 radical (unpaired) electrons. The van der Waals surface area contributed by atoms with Crippen molar-refractivity contribution in [1.29, 1.82) is 0 Å². The highest BCUT2D eigenvalue weighted by atomic mass is 32.2. The number of nitrogens with zero attached hydrogens (tertiary/aromatic N) is 1. The highest BCUT2D eigenvalue weighted by Crippen LogP contribution is 2.22. The molecule has 3 rings (SSSR count). The third kappa shape index (κ3) is 4.03. The van der Waals surface area contributed by atoms with Crippen molar-refractivity contribution in [3.63, 3.8) is 0 Å². The van der Waals surface area contributed by atoms with Crippen LogP contribution in [-0.2, 0) is 14.8 Å². The third-order valence-electron chi connectivity index (χ3n) is 4.33. The number of rotatable bonds is 4. The Balaban J connectivity index is 1.87. The summed E-state index contributed by atoms with van der Waals surface area (Å²) in [6, 6.07) is 3.61. The Morgan fingerprint density at radius 2 is 2.11 bits per heavy atom. The summed E-state index contributed by atoms with van der Waals surface area (Å²) in [4.78, 5) is 39.3. The average Bonchev–Trinajstić information content (AvgIpc) is 2.61. The van der Waals surface area contributed by atoms with Crippen molar-refractivity contribution in [2.75, 3.05) is 19.7 Å². The number of carbonyl (C=O) groups is 1. The molecule has 1 unspecified atom stereocenters. The van der Waals surface area contributed by atoms with Gasteiger partial charge in [0.25, 0.3) is 5.56 Å². The van der Waals surface area contributed by atoms with Gasteiger partial charge in [0.15, 0.2) is 0 Å². The summed E-state index contributed by atoms with van der Waals surface area (Å²) >= 11 is 0. The minimum atomic E-state index is -3.86. The maximum absolute atomic E-state index is 13.0. The summed E-state index contributed by atoms with van der Waals surface area (Å²) in [7, 11) is -3.86. The predicted octanol–water partition coefficient (Wildman–Crippen LogP) is 0.116. The predicted molar refractivity (Wildman–Crippen MR) is 97.1 cm³/mol. The minimum Gasteiger partial charge on any atom is -0.450 e. The van der Waals surface area contributed by atoms with Gasteiger partial charge in [0.05, 0.1) is 22.4 Å². The van der Waals surface area contributed by atoms with Gasteiger partial charge < -0.3 is 15.0 Å². The van der Waals surface area contributed by atoms with Crippen LogP contribution in [0.3, 0.4) is 0 Å². The number of amides is 1. The Morgan fingerprint density at radius 1 is 1.33 bits per heavy atom. The van der Waals surface area contributed by atoms with Crippen LogP contribution in [0.5, 0.6) is 0 Å². The van der Waals surface area contributed by atoms with Crippen LogP contribution >= 0.6 is 0 Å². The molecule has 27 heavy (non-hydrogen) atoms. The first-order valence-corrected chi connectivity index (χ1v) is 9.95. The van der Waals surface area contributed by atoms with Crippen molar-refractivity contribution >= 4 is 27.0 Å². The molecule has 1 aromatic carbocycles. The molecule has 0 spiro atoms. The molecule has 1 atom stereocenters. The minimum absolute atomic E-state index is 0.0515. The van der Waals surface area contributed by atoms with E-state index in [1.54, 1.807) is 6.92 Å². The first-order valence-electron chi connectivity index (χ1n) is 8.51. The molecule has 1 saturated heterocycles. The summed E-state index contributed by atoms with van der Waals surface area (Å²) in [6.07, 6.45) is 0.643. The number of carbonyl (C=O) groups excluding carboxylic acids is 1. The monoisotopic (exact) mass is 396 g/mol. The number of aromatic amines is 2. The number of ether oxygens (including phenoxy) is 1. The second kappa shape index (κ2) is 7.53. The Labute approximate surface area is 154 Å². The van der Waals surface area contributed by atoms with Crippen LogP contribution in [0.2, 0.25) is 0 Å². The number of hydrogen-bond acceptors (Lipinski definition) is 6. The second-order valence-corrected chi connectivity index (χ2v) is 8.12. The maximum Gasteiger partial charge on any atom is 0.407 e. The topological polar surface area (TPSA) is 141 Å². The molecule has 3 N–H and O–H groups in total. The summed E-state index contributed by atoms with van der Waals surface area (Å²) in [6.45, 7) is 2.34. The Hall–Kier alpha value is -2.66. The first kappa shape index (κ1) is 19.1. The SMILES string of the molecule is CCOC(=O)NC1CCCN(S(=O)(=O)c2ccc3[nH]c(=O)[nH]c(=O)c3c2)C1. The zero-order chi connectivity index (χ0) is 19.6. The fourth-order valence-corrected chi connectivity index (χ4v) is 4.62. The molecule has 11 heteroatoms. The summed E-state index contributed by atoms with van der Waals surface area (Å²) < 4.78 is 32.0. The molecule has 0 bridgehead atoms. The zero-order valence-corrected chi connectivity index (χ0v) is 15.5. The molecule has 0 saturated carbocycles. The lowest BCUT2D eigenvalue weighted by Crippen LogP contribution is -2.49. The summed E-state index contributed by atoms with van der Waals surface area (Å²) in [5, 5.41) is 2.73. The lowest BCUT2D eigenvalue weighted by Gasteiger charge is -2.32. The van der Waals surface area contributed by atoms with Gasteiger partial charge in [-0.1, -0.05) is 0 Å². The van der Waals surface area contributed by atoms with Crippen LogP contribution in [0.25, 0.3) is 10.9 Å². The van der Waals surface area contributed by atoms with E-state index in [1.807, 2.05) is 0 Å². The fraction of sp³-hybridized carbons (Fsp3) is 0.438. The van der Waals surface area contributed by atoms with E-state index in [1.165, 1.54) is 22.5 Å². The number of sulfonamides is 1. The van der Waals surface area contributed by atoms with Crippen LogP contribution in [0, 0.1) is 0 Å². The van der Waals surface area contributed by atoms with E-state index in [0.29, 0.717) is 19.4 Å². The van der Waals surface area contributed by atoms with Crippen LogP contribution < -0.4 is 16.6 Å². The van der Waals surface area contributed by atoms with E-state index in [2.05, 4.69) is 15.3 Å².